The molecule has 0 aliphatic carbocycles. The second kappa shape index (κ2) is 4.87. The molecular formula is C12H15F3O. The lowest BCUT2D eigenvalue weighted by Crippen LogP contribution is -2.13. The molecule has 0 saturated carbocycles. The molecule has 4 heteroatoms. The Hall–Kier alpha value is -1.03. The summed E-state index contributed by atoms with van der Waals surface area (Å²) < 4.78 is 36.3. The lowest BCUT2D eigenvalue weighted by molar-refractivity contribution is -0.154. The van der Waals surface area contributed by atoms with E-state index in [2.05, 4.69) is 0 Å². The monoisotopic (exact) mass is 232 g/mol. The molecule has 0 saturated heterocycles. The first-order chi connectivity index (χ1) is 7.29. The molecule has 0 fully saturated rings. The first-order valence-corrected chi connectivity index (χ1v) is 5.14. The molecule has 90 valence electrons. The quantitative estimate of drug-likeness (QED) is 0.840. The van der Waals surface area contributed by atoms with Crippen LogP contribution >= 0.6 is 0 Å². The fraction of sp³-hybridized carbons (Fsp3) is 0.500. The average molecular weight is 232 g/mol. The molecule has 0 amide bonds. The van der Waals surface area contributed by atoms with Gasteiger partial charge in [-0.3, -0.25) is 0 Å². The number of rotatable bonds is 3. The number of benzene rings is 1. The SMILES string of the molecule is CC(C)c1cccc(C(O)CC(F)(F)F)c1. The Labute approximate surface area is 92.9 Å². The van der Waals surface area contributed by atoms with Crippen LogP contribution in [0.15, 0.2) is 24.3 Å². The number of hydrogen-bond donors (Lipinski definition) is 1. The number of aliphatic hydroxyl groups is 1. The minimum atomic E-state index is -4.34. The highest BCUT2D eigenvalue weighted by atomic mass is 19.4. The third-order valence-corrected chi connectivity index (χ3v) is 2.39. The van der Waals surface area contributed by atoms with E-state index in [0.717, 1.165) is 5.56 Å². The second-order valence-electron chi connectivity index (χ2n) is 4.16. The Balaban J connectivity index is 2.83. The fourth-order valence-electron chi connectivity index (χ4n) is 1.46. The first kappa shape index (κ1) is 13.0. The van der Waals surface area contributed by atoms with E-state index in [9.17, 15) is 18.3 Å². The van der Waals surface area contributed by atoms with Gasteiger partial charge in [-0.15, -0.1) is 0 Å². The highest BCUT2D eigenvalue weighted by Crippen LogP contribution is 2.30. The van der Waals surface area contributed by atoms with Crippen LogP contribution in [0, 0.1) is 0 Å². The van der Waals surface area contributed by atoms with Crippen molar-refractivity contribution >= 4 is 0 Å². The molecule has 0 radical (unpaired) electrons. The van der Waals surface area contributed by atoms with E-state index in [1.165, 1.54) is 6.07 Å². The van der Waals surface area contributed by atoms with Gasteiger partial charge in [0.2, 0.25) is 0 Å². The maximum atomic E-state index is 12.1. The van der Waals surface area contributed by atoms with Crippen LogP contribution < -0.4 is 0 Å². The molecule has 0 heterocycles. The van der Waals surface area contributed by atoms with E-state index in [0.29, 0.717) is 5.56 Å². The molecule has 0 bridgehead atoms. The molecule has 1 rings (SSSR count). The standard InChI is InChI=1S/C12H15F3O/c1-8(2)9-4-3-5-10(6-9)11(16)7-12(13,14)15/h3-6,8,11,16H,7H2,1-2H3. The van der Waals surface area contributed by atoms with Crippen LogP contribution in [0.5, 0.6) is 0 Å². The normalized spacial score (nSPS) is 14.2. The van der Waals surface area contributed by atoms with Crippen LogP contribution in [-0.4, -0.2) is 11.3 Å². The number of hydrogen-bond acceptors (Lipinski definition) is 1. The summed E-state index contributed by atoms with van der Waals surface area (Å²) in [4.78, 5) is 0. The van der Waals surface area contributed by atoms with E-state index in [1.807, 2.05) is 19.9 Å². The highest BCUT2D eigenvalue weighted by molar-refractivity contribution is 5.27. The summed E-state index contributed by atoms with van der Waals surface area (Å²) in [5, 5.41) is 9.44. The Morgan fingerprint density at radius 1 is 1.19 bits per heavy atom. The molecule has 16 heavy (non-hydrogen) atoms. The van der Waals surface area contributed by atoms with E-state index in [-0.39, 0.29) is 5.92 Å². The predicted octanol–water partition coefficient (Wildman–Crippen LogP) is 3.80. The van der Waals surface area contributed by atoms with Crippen molar-refractivity contribution in [3.63, 3.8) is 0 Å². The lowest BCUT2D eigenvalue weighted by Gasteiger charge is -2.15. The zero-order valence-electron chi connectivity index (χ0n) is 9.25. The molecule has 0 aliphatic heterocycles. The van der Waals surface area contributed by atoms with Gasteiger partial charge < -0.3 is 5.11 Å². The molecule has 1 aromatic carbocycles. The molecule has 1 aromatic rings. The van der Waals surface area contributed by atoms with Crippen LogP contribution in [0.1, 0.15) is 43.4 Å². The number of aliphatic hydroxyl groups excluding tert-OH is 1. The number of halogens is 3. The van der Waals surface area contributed by atoms with Crippen molar-refractivity contribution in [1.29, 1.82) is 0 Å². The lowest BCUT2D eigenvalue weighted by atomic mass is 9.98. The third-order valence-electron chi connectivity index (χ3n) is 2.39. The van der Waals surface area contributed by atoms with Gasteiger partial charge in [0, 0.05) is 0 Å². The maximum Gasteiger partial charge on any atom is 0.391 e. The first-order valence-electron chi connectivity index (χ1n) is 5.14. The smallest absolute Gasteiger partial charge is 0.388 e. The van der Waals surface area contributed by atoms with Gasteiger partial charge in [0.1, 0.15) is 0 Å². The summed E-state index contributed by atoms with van der Waals surface area (Å²) in [5.74, 6) is 0.234. The van der Waals surface area contributed by atoms with Crippen LogP contribution in [0.4, 0.5) is 13.2 Å². The van der Waals surface area contributed by atoms with E-state index < -0.39 is 18.7 Å². The third kappa shape index (κ3) is 3.85. The summed E-state index contributed by atoms with van der Waals surface area (Å²) in [6.45, 7) is 3.91. The zero-order valence-corrected chi connectivity index (χ0v) is 9.25. The van der Waals surface area contributed by atoms with Gasteiger partial charge in [-0.05, 0) is 17.0 Å². The van der Waals surface area contributed by atoms with Crippen LogP contribution in [-0.2, 0) is 0 Å². The Morgan fingerprint density at radius 2 is 1.75 bits per heavy atom. The minimum Gasteiger partial charge on any atom is -0.388 e. The molecule has 1 N–H and O–H groups in total. The topological polar surface area (TPSA) is 20.2 Å². The average Bonchev–Trinajstić information content (AvgIpc) is 2.15. The van der Waals surface area contributed by atoms with Crippen LogP contribution in [0.25, 0.3) is 0 Å². The van der Waals surface area contributed by atoms with Crippen LogP contribution in [0.3, 0.4) is 0 Å². The van der Waals surface area contributed by atoms with Crippen molar-refractivity contribution in [3.05, 3.63) is 35.4 Å². The molecule has 0 aliphatic rings. The summed E-state index contributed by atoms with van der Waals surface area (Å²) in [6, 6.07) is 6.65. The largest absolute Gasteiger partial charge is 0.391 e. The highest BCUT2D eigenvalue weighted by Gasteiger charge is 2.31. The van der Waals surface area contributed by atoms with Gasteiger partial charge >= 0.3 is 6.18 Å². The summed E-state index contributed by atoms with van der Waals surface area (Å²) >= 11 is 0. The zero-order chi connectivity index (χ0) is 12.3. The van der Waals surface area contributed by atoms with E-state index >= 15 is 0 Å². The number of alkyl halides is 3. The van der Waals surface area contributed by atoms with Crippen molar-refractivity contribution < 1.29 is 18.3 Å². The van der Waals surface area contributed by atoms with E-state index in [1.54, 1.807) is 12.1 Å². The molecule has 0 spiro atoms. The van der Waals surface area contributed by atoms with Gasteiger partial charge in [0.25, 0.3) is 0 Å². The molecule has 1 atom stereocenters. The Kier molecular flexibility index (Phi) is 3.97. The Morgan fingerprint density at radius 3 is 2.25 bits per heavy atom. The summed E-state index contributed by atoms with van der Waals surface area (Å²) in [5.41, 5.74) is 1.25. The van der Waals surface area contributed by atoms with Crippen molar-refractivity contribution in [3.8, 4) is 0 Å². The van der Waals surface area contributed by atoms with E-state index in [4.69, 9.17) is 0 Å². The minimum absolute atomic E-state index is 0.234. The molecule has 1 unspecified atom stereocenters. The van der Waals surface area contributed by atoms with Crippen LogP contribution in [0.2, 0.25) is 0 Å². The van der Waals surface area contributed by atoms with Crippen molar-refractivity contribution in [1.82, 2.24) is 0 Å². The fourth-order valence-corrected chi connectivity index (χ4v) is 1.46. The molecular weight excluding hydrogens is 217 g/mol. The van der Waals surface area contributed by atoms with Crippen molar-refractivity contribution in [2.24, 2.45) is 0 Å². The predicted molar refractivity (Wildman–Crippen MR) is 56.2 cm³/mol. The van der Waals surface area contributed by atoms with Gasteiger partial charge in [0.15, 0.2) is 0 Å². The van der Waals surface area contributed by atoms with Crippen molar-refractivity contribution in [2.75, 3.05) is 0 Å². The van der Waals surface area contributed by atoms with Gasteiger partial charge in [-0.1, -0.05) is 38.1 Å². The maximum absolute atomic E-state index is 12.1. The van der Waals surface area contributed by atoms with Crippen molar-refractivity contribution in [2.45, 2.75) is 38.5 Å². The molecule has 0 aromatic heterocycles. The molecule has 1 nitrogen and oxygen atoms in total. The van der Waals surface area contributed by atoms with Gasteiger partial charge in [-0.2, -0.15) is 13.2 Å². The summed E-state index contributed by atoms with van der Waals surface area (Å²) in [7, 11) is 0. The van der Waals surface area contributed by atoms with Gasteiger partial charge in [0.05, 0.1) is 12.5 Å². The summed E-state index contributed by atoms with van der Waals surface area (Å²) in [6.07, 6.45) is -7.01. The van der Waals surface area contributed by atoms with Gasteiger partial charge in [-0.25, -0.2) is 0 Å². The second-order valence-corrected chi connectivity index (χ2v) is 4.16. The Bertz CT molecular complexity index is 344.